The van der Waals surface area contributed by atoms with Gasteiger partial charge in [-0.2, -0.15) is 0 Å². The molecule has 0 radical (unpaired) electrons. The molecule has 1 unspecified atom stereocenters. The van der Waals surface area contributed by atoms with Crippen molar-refractivity contribution in [1.82, 2.24) is 4.90 Å². The second kappa shape index (κ2) is 4.34. The van der Waals surface area contributed by atoms with Gasteiger partial charge in [-0.15, -0.1) is 0 Å². The third-order valence-electron chi connectivity index (χ3n) is 1.49. The molecule has 0 aromatic rings. The molecule has 66 valence electrons. The molecule has 0 bridgehead atoms. The Morgan fingerprint density at radius 3 is 2.00 bits per heavy atom. The molecule has 3 heteroatoms. The SMILES string of the molecule is CC(C)C(=O)OC(C)N(C)C. The Balaban J connectivity index is 3.76. The highest BCUT2D eigenvalue weighted by Crippen LogP contribution is 2.01. The van der Waals surface area contributed by atoms with Gasteiger partial charge < -0.3 is 4.74 Å². The number of nitrogens with zero attached hydrogens (tertiary/aromatic N) is 1. The van der Waals surface area contributed by atoms with E-state index in [4.69, 9.17) is 4.74 Å². The molecular weight excluding hydrogens is 142 g/mol. The van der Waals surface area contributed by atoms with Crippen LogP contribution in [0.25, 0.3) is 0 Å². The number of ether oxygens (including phenoxy) is 1. The van der Waals surface area contributed by atoms with Crippen LogP contribution in [0.5, 0.6) is 0 Å². The van der Waals surface area contributed by atoms with E-state index in [0.29, 0.717) is 0 Å². The molecule has 0 spiro atoms. The molecule has 3 nitrogen and oxygen atoms in total. The van der Waals surface area contributed by atoms with Crippen molar-refractivity contribution in [2.75, 3.05) is 14.1 Å². The molecule has 0 aliphatic heterocycles. The van der Waals surface area contributed by atoms with Crippen LogP contribution in [0.4, 0.5) is 0 Å². The zero-order valence-electron chi connectivity index (χ0n) is 7.92. The number of esters is 1. The van der Waals surface area contributed by atoms with Crippen LogP contribution in [-0.2, 0) is 9.53 Å². The Morgan fingerprint density at radius 1 is 1.27 bits per heavy atom. The van der Waals surface area contributed by atoms with E-state index in [0.717, 1.165) is 0 Å². The van der Waals surface area contributed by atoms with Crippen LogP contribution in [0.3, 0.4) is 0 Å². The number of carbonyl (C=O) groups is 1. The largest absolute Gasteiger partial charge is 0.446 e. The highest BCUT2D eigenvalue weighted by atomic mass is 16.6. The van der Waals surface area contributed by atoms with Gasteiger partial charge in [-0.25, -0.2) is 0 Å². The van der Waals surface area contributed by atoms with Crippen molar-refractivity contribution < 1.29 is 9.53 Å². The van der Waals surface area contributed by atoms with E-state index < -0.39 is 0 Å². The van der Waals surface area contributed by atoms with E-state index in [-0.39, 0.29) is 18.1 Å². The molecule has 0 fully saturated rings. The molecule has 11 heavy (non-hydrogen) atoms. The van der Waals surface area contributed by atoms with Crippen molar-refractivity contribution in [3.8, 4) is 0 Å². The molecular formula is C8H17NO2. The molecule has 0 saturated carbocycles. The van der Waals surface area contributed by atoms with Crippen LogP contribution in [0, 0.1) is 5.92 Å². The Labute approximate surface area is 68.3 Å². The lowest BCUT2D eigenvalue weighted by Gasteiger charge is -2.20. The highest BCUT2D eigenvalue weighted by Gasteiger charge is 2.13. The fraction of sp³-hybridized carbons (Fsp3) is 0.875. The highest BCUT2D eigenvalue weighted by molar-refractivity contribution is 5.71. The van der Waals surface area contributed by atoms with E-state index >= 15 is 0 Å². The van der Waals surface area contributed by atoms with Gasteiger partial charge in [0.15, 0.2) is 6.23 Å². The number of hydrogen-bond acceptors (Lipinski definition) is 3. The first-order valence-corrected chi connectivity index (χ1v) is 3.82. The first kappa shape index (κ1) is 10.4. The average Bonchev–Trinajstić information content (AvgIpc) is 1.87. The first-order chi connectivity index (χ1) is 4.95. The average molecular weight is 159 g/mol. The second-order valence-corrected chi connectivity index (χ2v) is 3.15. The maximum absolute atomic E-state index is 11.0. The molecule has 0 N–H and O–H groups in total. The predicted molar refractivity (Wildman–Crippen MR) is 44.1 cm³/mol. The minimum absolute atomic E-state index is 0.0441. The van der Waals surface area contributed by atoms with Gasteiger partial charge in [-0.1, -0.05) is 13.8 Å². The lowest BCUT2D eigenvalue weighted by molar-refractivity contribution is -0.159. The zero-order chi connectivity index (χ0) is 9.02. The van der Waals surface area contributed by atoms with Gasteiger partial charge >= 0.3 is 5.97 Å². The molecule has 0 amide bonds. The molecule has 0 saturated heterocycles. The van der Waals surface area contributed by atoms with Crippen LogP contribution < -0.4 is 0 Å². The molecule has 0 aliphatic rings. The fourth-order valence-corrected chi connectivity index (χ4v) is 0.410. The Kier molecular flexibility index (Phi) is 4.11. The van der Waals surface area contributed by atoms with Gasteiger partial charge in [0.05, 0.1) is 5.92 Å². The molecule has 0 aromatic carbocycles. The van der Waals surface area contributed by atoms with E-state index in [2.05, 4.69) is 0 Å². The maximum Gasteiger partial charge on any atom is 0.309 e. The summed E-state index contributed by atoms with van der Waals surface area (Å²) in [6, 6.07) is 0. The van der Waals surface area contributed by atoms with Crippen molar-refractivity contribution in [3.63, 3.8) is 0 Å². The van der Waals surface area contributed by atoms with Gasteiger partial charge in [0, 0.05) is 0 Å². The summed E-state index contributed by atoms with van der Waals surface area (Å²) in [5, 5.41) is 0. The second-order valence-electron chi connectivity index (χ2n) is 3.15. The van der Waals surface area contributed by atoms with Crippen molar-refractivity contribution in [2.24, 2.45) is 5.92 Å². The smallest absolute Gasteiger partial charge is 0.309 e. The van der Waals surface area contributed by atoms with Gasteiger partial charge in [-0.3, -0.25) is 9.69 Å². The zero-order valence-corrected chi connectivity index (χ0v) is 7.92. The topological polar surface area (TPSA) is 29.5 Å². The van der Waals surface area contributed by atoms with Gasteiger partial charge in [-0.05, 0) is 21.0 Å². The molecule has 0 aromatic heterocycles. The lowest BCUT2D eigenvalue weighted by Crippen LogP contribution is -2.31. The fourth-order valence-electron chi connectivity index (χ4n) is 0.410. The molecule has 0 rings (SSSR count). The van der Waals surface area contributed by atoms with E-state index in [1.165, 1.54) is 0 Å². The first-order valence-electron chi connectivity index (χ1n) is 3.82. The third kappa shape index (κ3) is 3.98. The Hall–Kier alpha value is -0.570. The van der Waals surface area contributed by atoms with Gasteiger partial charge in [0.1, 0.15) is 0 Å². The van der Waals surface area contributed by atoms with Crippen LogP contribution in [-0.4, -0.2) is 31.2 Å². The van der Waals surface area contributed by atoms with Crippen molar-refractivity contribution in [2.45, 2.75) is 27.0 Å². The summed E-state index contributed by atoms with van der Waals surface area (Å²) in [5.41, 5.74) is 0. The van der Waals surface area contributed by atoms with E-state index in [1.807, 2.05) is 39.8 Å². The van der Waals surface area contributed by atoms with Crippen LogP contribution in [0.1, 0.15) is 20.8 Å². The third-order valence-corrected chi connectivity index (χ3v) is 1.49. The summed E-state index contributed by atoms with van der Waals surface area (Å²) in [5.74, 6) is -0.191. The van der Waals surface area contributed by atoms with Crippen molar-refractivity contribution >= 4 is 5.97 Å². The standard InChI is InChI=1S/C8H17NO2/c1-6(2)8(10)11-7(3)9(4)5/h6-7H,1-5H3. The number of hydrogen-bond donors (Lipinski definition) is 0. The lowest BCUT2D eigenvalue weighted by atomic mass is 10.2. The van der Waals surface area contributed by atoms with Crippen LogP contribution in [0.15, 0.2) is 0 Å². The van der Waals surface area contributed by atoms with Gasteiger partial charge in [0.25, 0.3) is 0 Å². The van der Waals surface area contributed by atoms with Gasteiger partial charge in [0.2, 0.25) is 0 Å². The predicted octanol–water partition coefficient (Wildman–Crippen LogP) is 1.09. The van der Waals surface area contributed by atoms with E-state index in [1.54, 1.807) is 0 Å². The summed E-state index contributed by atoms with van der Waals surface area (Å²) in [6.07, 6.45) is -0.134. The minimum Gasteiger partial charge on any atom is -0.446 e. The number of carbonyl (C=O) groups excluding carboxylic acids is 1. The molecule has 1 atom stereocenters. The Morgan fingerprint density at radius 2 is 1.73 bits per heavy atom. The number of rotatable bonds is 3. The summed E-state index contributed by atoms with van der Waals surface area (Å²) in [7, 11) is 3.75. The summed E-state index contributed by atoms with van der Waals surface area (Å²) >= 11 is 0. The maximum atomic E-state index is 11.0. The Bertz CT molecular complexity index is 132. The quantitative estimate of drug-likeness (QED) is 0.456. The normalized spacial score (nSPS) is 13.7. The summed E-state index contributed by atoms with van der Waals surface area (Å²) < 4.78 is 5.06. The van der Waals surface area contributed by atoms with E-state index in [9.17, 15) is 4.79 Å². The monoisotopic (exact) mass is 159 g/mol. The van der Waals surface area contributed by atoms with Crippen molar-refractivity contribution in [3.05, 3.63) is 0 Å². The summed E-state index contributed by atoms with van der Waals surface area (Å²) in [4.78, 5) is 12.9. The molecule has 0 heterocycles. The van der Waals surface area contributed by atoms with Crippen LogP contribution in [0.2, 0.25) is 0 Å². The minimum atomic E-state index is -0.147. The van der Waals surface area contributed by atoms with Crippen LogP contribution >= 0.6 is 0 Å². The molecule has 0 aliphatic carbocycles. The van der Waals surface area contributed by atoms with Crippen molar-refractivity contribution in [1.29, 1.82) is 0 Å². The summed E-state index contributed by atoms with van der Waals surface area (Å²) in [6.45, 7) is 5.50.